The number of carbonyl (C=O) groups excluding carboxylic acids is 1. The fraction of sp³-hybridized carbons (Fsp3) is 0.812. The van der Waals surface area contributed by atoms with Crippen molar-refractivity contribution in [1.82, 2.24) is 16.0 Å². The van der Waals surface area contributed by atoms with Gasteiger partial charge in [0, 0.05) is 23.3 Å². The average molecular weight is 281 g/mol. The first-order valence-corrected chi connectivity index (χ1v) is 7.43. The van der Waals surface area contributed by atoms with Crippen LogP contribution in [0.3, 0.4) is 0 Å². The highest BCUT2D eigenvalue weighted by atomic mass is 16.2. The summed E-state index contributed by atoms with van der Waals surface area (Å²) in [5.74, 6) is 0. The third-order valence-electron chi connectivity index (χ3n) is 3.32. The summed E-state index contributed by atoms with van der Waals surface area (Å²) in [4.78, 5) is 11.9. The number of piperidine rings is 1. The maximum Gasteiger partial charge on any atom is 0.318 e. The van der Waals surface area contributed by atoms with Gasteiger partial charge in [0.25, 0.3) is 0 Å². The molecule has 1 heterocycles. The van der Waals surface area contributed by atoms with E-state index in [9.17, 15) is 4.79 Å². The van der Waals surface area contributed by atoms with Crippen LogP contribution in [0.4, 0.5) is 4.79 Å². The first-order chi connectivity index (χ1) is 8.89. The molecule has 0 spiro atoms. The molecule has 0 radical (unpaired) electrons. The molecule has 116 valence electrons. The van der Waals surface area contributed by atoms with Gasteiger partial charge in [-0.15, -0.1) is 0 Å². The largest absolute Gasteiger partial charge is 0.335 e. The van der Waals surface area contributed by atoms with Crippen molar-refractivity contribution in [2.24, 2.45) is 5.41 Å². The molecule has 0 atom stereocenters. The minimum Gasteiger partial charge on any atom is -0.335 e. The van der Waals surface area contributed by atoms with Crippen LogP contribution in [-0.2, 0) is 0 Å². The van der Waals surface area contributed by atoms with Crippen LogP contribution in [0.2, 0.25) is 0 Å². The van der Waals surface area contributed by atoms with Gasteiger partial charge in [0.05, 0.1) is 0 Å². The van der Waals surface area contributed by atoms with E-state index >= 15 is 0 Å². The zero-order valence-corrected chi connectivity index (χ0v) is 14.1. The number of nitrogens with one attached hydrogen (secondary N) is 3. The topological polar surface area (TPSA) is 53.2 Å². The summed E-state index contributed by atoms with van der Waals surface area (Å²) in [6.07, 6.45) is 5.59. The smallest absolute Gasteiger partial charge is 0.318 e. The maximum absolute atomic E-state index is 11.9. The Kier molecular flexibility index (Phi) is 4.90. The molecule has 0 aromatic rings. The number of amides is 2. The fourth-order valence-corrected chi connectivity index (χ4v) is 3.02. The van der Waals surface area contributed by atoms with Crippen molar-refractivity contribution in [3.8, 4) is 0 Å². The predicted molar refractivity (Wildman–Crippen MR) is 84.6 cm³/mol. The number of urea groups is 1. The molecule has 1 fully saturated rings. The first kappa shape index (κ1) is 17.0. The van der Waals surface area contributed by atoms with Gasteiger partial charge < -0.3 is 16.0 Å². The van der Waals surface area contributed by atoms with Crippen molar-refractivity contribution >= 4 is 6.03 Å². The van der Waals surface area contributed by atoms with Gasteiger partial charge in [-0.05, 0) is 46.0 Å². The van der Waals surface area contributed by atoms with E-state index in [0.29, 0.717) is 0 Å². The Balaban J connectivity index is 2.51. The van der Waals surface area contributed by atoms with Gasteiger partial charge in [-0.3, -0.25) is 0 Å². The monoisotopic (exact) mass is 281 g/mol. The molecular weight excluding hydrogens is 250 g/mol. The van der Waals surface area contributed by atoms with Crippen molar-refractivity contribution in [2.75, 3.05) is 0 Å². The number of carbonyl (C=O) groups is 1. The fourth-order valence-electron chi connectivity index (χ4n) is 3.02. The van der Waals surface area contributed by atoms with Crippen LogP contribution in [-0.4, -0.2) is 23.2 Å². The summed E-state index contributed by atoms with van der Waals surface area (Å²) in [5, 5.41) is 9.48. The van der Waals surface area contributed by atoms with E-state index in [1.165, 1.54) is 0 Å². The zero-order chi connectivity index (χ0) is 15.6. The van der Waals surface area contributed by atoms with Gasteiger partial charge in [-0.1, -0.05) is 26.8 Å². The minimum atomic E-state index is -0.121. The molecule has 1 saturated heterocycles. The Morgan fingerprint density at radius 2 is 1.65 bits per heavy atom. The number of hydrogen-bond donors (Lipinski definition) is 3. The summed E-state index contributed by atoms with van der Waals surface area (Å²) in [5.41, 5.74) is 0.161. The molecule has 20 heavy (non-hydrogen) atoms. The third kappa shape index (κ3) is 6.42. The van der Waals surface area contributed by atoms with Gasteiger partial charge in [-0.2, -0.15) is 0 Å². The average Bonchev–Trinajstić information content (AvgIpc) is 2.08. The van der Waals surface area contributed by atoms with E-state index in [2.05, 4.69) is 64.4 Å². The molecule has 0 saturated carbocycles. The highest BCUT2D eigenvalue weighted by Crippen LogP contribution is 2.28. The molecule has 2 amide bonds. The molecule has 1 aliphatic heterocycles. The van der Waals surface area contributed by atoms with E-state index in [-0.39, 0.29) is 28.6 Å². The molecule has 1 rings (SSSR count). The zero-order valence-electron chi connectivity index (χ0n) is 14.1. The second-order valence-electron chi connectivity index (χ2n) is 8.32. The molecule has 0 aliphatic carbocycles. The Bertz CT molecular complexity index is 362. The number of allylic oxidation sites excluding steroid dienone is 1. The number of rotatable bonds is 2. The van der Waals surface area contributed by atoms with Gasteiger partial charge in [0.1, 0.15) is 0 Å². The summed E-state index contributed by atoms with van der Waals surface area (Å²) in [6, 6.07) is 0.0771. The van der Waals surface area contributed by atoms with Crippen molar-refractivity contribution in [3.63, 3.8) is 0 Å². The van der Waals surface area contributed by atoms with Gasteiger partial charge in [-0.25, -0.2) is 4.79 Å². The summed E-state index contributed by atoms with van der Waals surface area (Å²) in [7, 11) is 0. The normalized spacial score (nSPS) is 22.8. The van der Waals surface area contributed by atoms with Crippen LogP contribution in [0, 0.1) is 5.41 Å². The molecular formula is C16H31N3O. The lowest BCUT2D eigenvalue weighted by molar-refractivity contribution is 0.148. The van der Waals surface area contributed by atoms with E-state index < -0.39 is 0 Å². The second kappa shape index (κ2) is 5.76. The third-order valence-corrected chi connectivity index (χ3v) is 3.32. The molecule has 1 aliphatic rings. The van der Waals surface area contributed by atoms with Crippen LogP contribution in [0.15, 0.2) is 12.3 Å². The van der Waals surface area contributed by atoms with E-state index in [1.807, 2.05) is 6.08 Å². The molecule has 0 bridgehead atoms. The van der Waals surface area contributed by atoms with Crippen molar-refractivity contribution in [3.05, 3.63) is 12.3 Å². The van der Waals surface area contributed by atoms with Crippen molar-refractivity contribution < 1.29 is 4.79 Å². The van der Waals surface area contributed by atoms with Crippen LogP contribution < -0.4 is 16.0 Å². The Labute approximate surface area is 123 Å². The molecule has 0 aromatic carbocycles. The van der Waals surface area contributed by atoms with E-state index in [4.69, 9.17) is 0 Å². The predicted octanol–water partition coefficient (Wildman–Crippen LogP) is 3.15. The number of hydrogen-bond acceptors (Lipinski definition) is 2. The summed E-state index contributed by atoms with van der Waals surface area (Å²) < 4.78 is 0. The Hall–Kier alpha value is -1.03. The SMILES string of the molecule is CC(C)(C)/C=C/NC(=O)NC1CC(C)(C)NC(C)(C)C1. The molecule has 4 nitrogen and oxygen atoms in total. The summed E-state index contributed by atoms with van der Waals surface area (Å²) in [6.45, 7) is 15.0. The highest BCUT2D eigenvalue weighted by Gasteiger charge is 2.38. The Morgan fingerprint density at radius 1 is 1.15 bits per heavy atom. The van der Waals surface area contributed by atoms with E-state index in [1.54, 1.807) is 6.20 Å². The maximum atomic E-state index is 11.9. The van der Waals surface area contributed by atoms with Crippen LogP contribution in [0.25, 0.3) is 0 Å². The molecule has 3 N–H and O–H groups in total. The quantitative estimate of drug-likeness (QED) is 0.728. The highest BCUT2D eigenvalue weighted by molar-refractivity contribution is 5.75. The molecule has 4 heteroatoms. The lowest BCUT2D eigenvalue weighted by atomic mass is 9.80. The lowest BCUT2D eigenvalue weighted by Gasteiger charge is -2.46. The standard InChI is InChI=1S/C16H31N3O/c1-14(2,3)8-9-17-13(20)18-12-10-15(4,5)19-16(6,7)11-12/h8-9,12,19H,10-11H2,1-7H3,(H2,17,18,20)/b9-8+. The van der Waals surface area contributed by atoms with Crippen LogP contribution in [0.1, 0.15) is 61.3 Å². The van der Waals surface area contributed by atoms with Gasteiger partial charge >= 0.3 is 6.03 Å². The van der Waals surface area contributed by atoms with Gasteiger partial charge in [0.15, 0.2) is 0 Å². The Morgan fingerprint density at radius 3 is 2.10 bits per heavy atom. The molecule has 0 unspecified atom stereocenters. The first-order valence-electron chi connectivity index (χ1n) is 7.43. The van der Waals surface area contributed by atoms with Crippen LogP contribution in [0.5, 0.6) is 0 Å². The van der Waals surface area contributed by atoms with Crippen molar-refractivity contribution in [2.45, 2.75) is 78.4 Å². The van der Waals surface area contributed by atoms with Gasteiger partial charge in [0.2, 0.25) is 0 Å². The minimum absolute atomic E-state index is 0.0426. The van der Waals surface area contributed by atoms with Crippen LogP contribution >= 0.6 is 0 Å². The molecule has 0 aromatic heterocycles. The van der Waals surface area contributed by atoms with Crippen molar-refractivity contribution in [1.29, 1.82) is 0 Å². The summed E-state index contributed by atoms with van der Waals surface area (Å²) >= 11 is 0. The second-order valence-corrected chi connectivity index (χ2v) is 8.32. The lowest BCUT2D eigenvalue weighted by Crippen LogP contribution is -2.62. The van der Waals surface area contributed by atoms with E-state index in [0.717, 1.165) is 12.8 Å².